The molecule has 3 heterocycles. The number of hydrogen-bond donors (Lipinski definition) is 0. The van der Waals surface area contributed by atoms with Gasteiger partial charge in [0, 0.05) is 53.2 Å². The number of thiophene rings is 1. The van der Waals surface area contributed by atoms with Crippen LogP contribution in [0.15, 0.2) is 194 Å². The molecule has 8 aromatic carbocycles. The van der Waals surface area contributed by atoms with Crippen LogP contribution >= 0.6 is 11.3 Å². The van der Waals surface area contributed by atoms with Gasteiger partial charge in [0.25, 0.3) is 0 Å². The highest BCUT2D eigenvalue weighted by atomic mass is 32.1. The van der Waals surface area contributed by atoms with Gasteiger partial charge < -0.3 is 0 Å². The van der Waals surface area contributed by atoms with E-state index < -0.39 is 0 Å². The van der Waals surface area contributed by atoms with Crippen LogP contribution in [-0.4, -0.2) is 19.9 Å². The van der Waals surface area contributed by atoms with Crippen molar-refractivity contribution in [2.75, 3.05) is 0 Å². The third kappa shape index (κ3) is 5.93. The van der Waals surface area contributed by atoms with Crippen molar-refractivity contribution in [1.82, 2.24) is 19.9 Å². The van der Waals surface area contributed by atoms with Gasteiger partial charge in [-0.2, -0.15) is 0 Å². The molecule has 0 spiro atoms. The van der Waals surface area contributed by atoms with Crippen molar-refractivity contribution in [2.24, 2.45) is 0 Å². The summed E-state index contributed by atoms with van der Waals surface area (Å²) in [6.07, 6.45) is 0. The molecule has 0 fully saturated rings. The van der Waals surface area contributed by atoms with E-state index in [0.717, 1.165) is 72.7 Å². The van der Waals surface area contributed by atoms with Crippen molar-refractivity contribution in [3.63, 3.8) is 0 Å². The lowest BCUT2D eigenvalue weighted by atomic mass is 9.97. The number of fused-ring (bicyclic) bond motifs is 5. The molecule has 11 rings (SSSR count). The van der Waals surface area contributed by atoms with Crippen molar-refractivity contribution < 1.29 is 0 Å². The fourth-order valence-electron chi connectivity index (χ4n) is 7.90. The molecule has 0 amide bonds. The van der Waals surface area contributed by atoms with E-state index in [9.17, 15) is 0 Å². The Kier molecular flexibility index (Phi) is 7.97. The van der Waals surface area contributed by atoms with Gasteiger partial charge >= 0.3 is 0 Å². The number of nitrogens with zero attached hydrogens (tertiary/aromatic N) is 4. The summed E-state index contributed by atoms with van der Waals surface area (Å²) < 4.78 is 2.53. The Bertz CT molecular complexity index is 3270. The molecule has 0 bridgehead atoms. The minimum absolute atomic E-state index is 0.723. The second-order valence-corrected chi connectivity index (χ2v) is 15.3. The van der Waals surface area contributed by atoms with Gasteiger partial charge in [0.1, 0.15) is 0 Å². The highest BCUT2D eigenvalue weighted by Gasteiger charge is 2.16. The summed E-state index contributed by atoms with van der Waals surface area (Å²) in [7, 11) is 0. The second kappa shape index (κ2) is 13.7. The standard InChI is InChI=1S/C52H32N4S/c1-3-12-35(13-4-1)49-41-16-7-9-19-44(41)53-51(55-49)37-26-22-33(23-27-37)39-30-31-43-47(32-39)57-46-21-11-18-40(48(43)46)34-24-28-38(29-25-34)52-54-45-20-10-8-17-42(45)50(56-52)36-14-5-2-6-15-36/h1-32H. The van der Waals surface area contributed by atoms with Gasteiger partial charge in [-0.25, -0.2) is 19.9 Å². The van der Waals surface area contributed by atoms with Crippen molar-refractivity contribution in [3.05, 3.63) is 194 Å². The number of rotatable bonds is 6. The first kappa shape index (κ1) is 33.0. The number of benzene rings is 8. The van der Waals surface area contributed by atoms with Crippen LogP contribution < -0.4 is 0 Å². The maximum absolute atomic E-state index is 5.09. The number of aromatic nitrogens is 4. The van der Waals surface area contributed by atoms with Gasteiger partial charge in [0.2, 0.25) is 0 Å². The zero-order chi connectivity index (χ0) is 37.7. The molecule has 3 aromatic heterocycles. The van der Waals surface area contributed by atoms with Crippen molar-refractivity contribution >= 4 is 53.3 Å². The van der Waals surface area contributed by atoms with Gasteiger partial charge in [-0.15, -0.1) is 11.3 Å². The molecular formula is C52H32N4S. The fraction of sp³-hybridized carbons (Fsp3) is 0. The zero-order valence-corrected chi connectivity index (χ0v) is 31.5. The van der Waals surface area contributed by atoms with E-state index in [-0.39, 0.29) is 0 Å². The van der Waals surface area contributed by atoms with Gasteiger partial charge in [-0.05, 0) is 46.5 Å². The molecule has 0 saturated heterocycles. The minimum atomic E-state index is 0.723. The van der Waals surface area contributed by atoms with E-state index in [1.807, 2.05) is 47.7 Å². The third-order valence-corrected chi connectivity index (χ3v) is 11.8. The van der Waals surface area contributed by atoms with Crippen LogP contribution in [0.2, 0.25) is 0 Å². The smallest absolute Gasteiger partial charge is 0.160 e. The van der Waals surface area contributed by atoms with Gasteiger partial charge in [-0.3, -0.25) is 0 Å². The summed E-state index contributed by atoms with van der Waals surface area (Å²) in [5.74, 6) is 1.45. The number of para-hydroxylation sites is 2. The van der Waals surface area contributed by atoms with Crippen LogP contribution in [0.3, 0.4) is 0 Å². The molecule has 5 heteroatoms. The van der Waals surface area contributed by atoms with E-state index in [2.05, 4.69) is 158 Å². The van der Waals surface area contributed by atoms with E-state index in [0.29, 0.717) is 0 Å². The summed E-state index contributed by atoms with van der Waals surface area (Å²) in [5, 5.41) is 4.64. The maximum Gasteiger partial charge on any atom is 0.160 e. The van der Waals surface area contributed by atoms with Crippen molar-refractivity contribution in [3.8, 4) is 67.5 Å². The molecule has 0 unspecified atom stereocenters. The van der Waals surface area contributed by atoms with Crippen molar-refractivity contribution in [1.29, 1.82) is 0 Å². The fourth-order valence-corrected chi connectivity index (χ4v) is 9.07. The highest BCUT2D eigenvalue weighted by Crippen LogP contribution is 2.42. The van der Waals surface area contributed by atoms with Gasteiger partial charge in [-0.1, -0.05) is 170 Å². The second-order valence-electron chi connectivity index (χ2n) is 14.2. The van der Waals surface area contributed by atoms with Gasteiger partial charge in [0.05, 0.1) is 22.4 Å². The lowest BCUT2D eigenvalue weighted by molar-refractivity contribution is 1.23. The first-order valence-corrected chi connectivity index (χ1v) is 19.9. The SMILES string of the molecule is c1ccc(-c2nc(-c3ccc(-c4ccc5c(c4)sc4cccc(-c6ccc(-c7nc(-c8ccccc8)c8ccccc8n7)cc6)c45)cc3)nc3ccccc23)cc1. The molecule has 0 radical (unpaired) electrons. The third-order valence-electron chi connectivity index (χ3n) is 10.7. The Labute approximate surface area is 333 Å². The summed E-state index contributed by atoms with van der Waals surface area (Å²) in [4.78, 5) is 20.1. The largest absolute Gasteiger partial charge is 0.228 e. The predicted molar refractivity (Wildman–Crippen MR) is 238 cm³/mol. The van der Waals surface area contributed by atoms with Crippen LogP contribution in [0.4, 0.5) is 0 Å². The minimum Gasteiger partial charge on any atom is -0.228 e. The van der Waals surface area contributed by atoms with E-state index in [4.69, 9.17) is 19.9 Å². The molecule has 0 aliphatic heterocycles. The first-order valence-electron chi connectivity index (χ1n) is 19.0. The number of hydrogen-bond acceptors (Lipinski definition) is 5. The summed E-state index contributed by atoms with van der Waals surface area (Å²) >= 11 is 1.84. The molecule has 266 valence electrons. The topological polar surface area (TPSA) is 51.6 Å². The Morgan fingerprint density at radius 1 is 0.298 bits per heavy atom. The Hall–Kier alpha value is -7.34. The molecular weight excluding hydrogens is 713 g/mol. The molecule has 11 aromatic rings. The normalized spacial score (nSPS) is 11.5. The maximum atomic E-state index is 5.09. The summed E-state index contributed by atoms with van der Waals surface area (Å²) in [5.41, 5.74) is 12.6. The summed E-state index contributed by atoms with van der Waals surface area (Å²) in [6, 6.07) is 68.0. The van der Waals surface area contributed by atoms with Gasteiger partial charge in [0.15, 0.2) is 11.6 Å². The zero-order valence-electron chi connectivity index (χ0n) is 30.7. The van der Waals surface area contributed by atoms with Crippen LogP contribution in [0.1, 0.15) is 0 Å². The van der Waals surface area contributed by atoms with E-state index >= 15 is 0 Å². The molecule has 57 heavy (non-hydrogen) atoms. The van der Waals surface area contributed by atoms with Crippen molar-refractivity contribution in [2.45, 2.75) is 0 Å². The highest BCUT2D eigenvalue weighted by molar-refractivity contribution is 7.26. The van der Waals surface area contributed by atoms with Crippen LogP contribution in [0, 0.1) is 0 Å². The quantitative estimate of drug-likeness (QED) is 0.170. The van der Waals surface area contributed by atoms with E-state index in [1.54, 1.807) is 0 Å². The predicted octanol–water partition coefficient (Wildman–Crippen LogP) is 13.9. The Balaban J connectivity index is 0.919. The average molecular weight is 745 g/mol. The van der Waals surface area contributed by atoms with Crippen LogP contribution in [-0.2, 0) is 0 Å². The Morgan fingerprint density at radius 2 is 0.789 bits per heavy atom. The van der Waals surface area contributed by atoms with Crippen LogP contribution in [0.25, 0.3) is 110 Å². The molecule has 0 saturated carbocycles. The molecule has 4 nitrogen and oxygen atoms in total. The lowest BCUT2D eigenvalue weighted by Gasteiger charge is -2.10. The summed E-state index contributed by atoms with van der Waals surface area (Å²) in [6.45, 7) is 0. The molecule has 0 aliphatic carbocycles. The monoisotopic (exact) mass is 744 g/mol. The first-order chi connectivity index (χ1) is 28.2. The molecule has 0 aliphatic rings. The average Bonchev–Trinajstić information content (AvgIpc) is 3.67. The lowest BCUT2D eigenvalue weighted by Crippen LogP contribution is -1.95. The molecule has 0 N–H and O–H groups in total. The Morgan fingerprint density at radius 3 is 1.37 bits per heavy atom. The van der Waals surface area contributed by atoms with E-state index in [1.165, 1.54) is 36.9 Å². The van der Waals surface area contributed by atoms with Crippen LogP contribution in [0.5, 0.6) is 0 Å². The molecule has 0 atom stereocenters.